The molecule has 1 amide bonds. The number of rotatable bonds is 4. The van der Waals surface area contributed by atoms with Crippen LogP contribution in [-0.4, -0.2) is 25.0 Å². The summed E-state index contributed by atoms with van der Waals surface area (Å²) in [5.74, 6) is 1.56. The average Bonchev–Trinajstić information content (AvgIpc) is 2.40. The highest BCUT2D eigenvalue weighted by Gasteiger charge is 2.23. The van der Waals surface area contributed by atoms with Crippen molar-refractivity contribution in [1.82, 2.24) is 10.6 Å². The fraction of sp³-hybridized carbons (Fsp3) is 0.933. The van der Waals surface area contributed by atoms with Crippen molar-refractivity contribution in [2.45, 2.75) is 64.3 Å². The zero-order valence-corrected chi connectivity index (χ0v) is 11.7. The summed E-state index contributed by atoms with van der Waals surface area (Å²) in [6.45, 7) is 4.49. The van der Waals surface area contributed by atoms with Gasteiger partial charge in [-0.3, -0.25) is 4.79 Å². The maximum atomic E-state index is 12.0. The van der Waals surface area contributed by atoms with Gasteiger partial charge in [-0.1, -0.05) is 26.2 Å². The Bertz CT molecular complexity index is 255. The van der Waals surface area contributed by atoms with Gasteiger partial charge < -0.3 is 10.6 Å². The number of carbonyl (C=O) groups excluding carboxylic acids is 1. The highest BCUT2D eigenvalue weighted by molar-refractivity contribution is 5.76. The van der Waals surface area contributed by atoms with Gasteiger partial charge in [-0.05, 0) is 50.6 Å². The summed E-state index contributed by atoms with van der Waals surface area (Å²) < 4.78 is 0. The molecule has 1 unspecified atom stereocenters. The molecule has 2 fully saturated rings. The van der Waals surface area contributed by atoms with Crippen LogP contribution < -0.4 is 10.6 Å². The minimum Gasteiger partial charge on any atom is -0.353 e. The lowest BCUT2D eigenvalue weighted by Crippen LogP contribution is -2.38. The van der Waals surface area contributed by atoms with Crippen molar-refractivity contribution in [3.8, 4) is 0 Å². The van der Waals surface area contributed by atoms with Gasteiger partial charge in [0.2, 0.25) is 5.91 Å². The fourth-order valence-electron chi connectivity index (χ4n) is 3.41. The Labute approximate surface area is 111 Å². The number of nitrogens with one attached hydrogen (secondary N) is 2. The number of piperidine rings is 1. The number of carbonyl (C=O) groups is 1. The van der Waals surface area contributed by atoms with Gasteiger partial charge in [-0.2, -0.15) is 0 Å². The van der Waals surface area contributed by atoms with E-state index in [0.29, 0.717) is 12.0 Å². The molecule has 0 spiro atoms. The summed E-state index contributed by atoms with van der Waals surface area (Å²) in [5, 5.41) is 6.62. The smallest absolute Gasteiger partial charge is 0.220 e. The predicted molar refractivity (Wildman–Crippen MR) is 74.4 cm³/mol. The van der Waals surface area contributed by atoms with E-state index in [9.17, 15) is 4.79 Å². The van der Waals surface area contributed by atoms with Gasteiger partial charge in [-0.15, -0.1) is 0 Å². The van der Waals surface area contributed by atoms with Crippen molar-refractivity contribution in [1.29, 1.82) is 0 Å². The normalized spacial score (nSPS) is 24.7. The Morgan fingerprint density at radius 3 is 2.50 bits per heavy atom. The number of hydrogen-bond acceptors (Lipinski definition) is 2. The molecule has 1 heterocycles. The molecule has 2 N–H and O–H groups in total. The van der Waals surface area contributed by atoms with E-state index in [4.69, 9.17) is 0 Å². The molecule has 0 aromatic rings. The van der Waals surface area contributed by atoms with E-state index < -0.39 is 0 Å². The molecule has 3 heteroatoms. The molecule has 0 radical (unpaired) electrons. The van der Waals surface area contributed by atoms with Gasteiger partial charge in [0.15, 0.2) is 0 Å². The molecule has 1 saturated heterocycles. The van der Waals surface area contributed by atoms with Crippen molar-refractivity contribution in [2.24, 2.45) is 11.8 Å². The van der Waals surface area contributed by atoms with Crippen LogP contribution in [0.4, 0.5) is 0 Å². The van der Waals surface area contributed by atoms with Gasteiger partial charge in [-0.25, -0.2) is 0 Å². The third-order valence-electron chi connectivity index (χ3n) is 4.67. The van der Waals surface area contributed by atoms with Crippen LogP contribution in [0.25, 0.3) is 0 Å². The van der Waals surface area contributed by atoms with Gasteiger partial charge in [0.25, 0.3) is 0 Å². The second kappa shape index (κ2) is 7.13. The molecule has 0 aromatic carbocycles. The van der Waals surface area contributed by atoms with Crippen molar-refractivity contribution in [3.05, 3.63) is 0 Å². The van der Waals surface area contributed by atoms with E-state index >= 15 is 0 Å². The van der Waals surface area contributed by atoms with Crippen LogP contribution in [0, 0.1) is 11.8 Å². The zero-order valence-electron chi connectivity index (χ0n) is 11.7. The van der Waals surface area contributed by atoms with Gasteiger partial charge in [0, 0.05) is 12.5 Å². The topological polar surface area (TPSA) is 41.1 Å². The monoisotopic (exact) mass is 252 g/mol. The molecular weight excluding hydrogens is 224 g/mol. The molecule has 1 aliphatic carbocycles. The van der Waals surface area contributed by atoms with Gasteiger partial charge in [0.05, 0.1) is 0 Å². The molecule has 104 valence electrons. The summed E-state index contributed by atoms with van der Waals surface area (Å²) in [6, 6.07) is 0.464. The molecule has 18 heavy (non-hydrogen) atoms. The first-order valence-corrected chi connectivity index (χ1v) is 7.76. The quantitative estimate of drug-likeness (QED) is 0.807. The van der Waals surface area contributed by atoms with E-state index in [1.807, 2.05) is 0 Å². The number of amides is 1. The molecule has 1 atom stereocenters. The van der Waals surface area contributed by atoms with Crippen molar-refractivity contribution >= 4 is 5.91 Å². The van der Waals surface area contributed by atoms with Gasteiger partial charge in [0.1, 0.15) is 0 Å². The second-order valence-electron chi connectivity index (χ2n) is 6.17. The molecule has 2 rings (SSSR count). The lowest BCUT2D eigenvalue weighted by molar-refractivity contribution is -0.123. The van der Waals surface area contributed by atoms with Crippen LogP contribution in [0.5, 0.6) is 0 Å². The third-order valence-corrected chi connectivity index (χ3v) is 4.67. The molecular formula is C15H28N2O. The van der Waals surface area contributed by atoms with E-state index in [0.717, 1.165) is 25.4 Å². The third kappa shape index (κ3) is 4.27. The predicted octanol–water partition coefficient (Wildman–Crippen LogP) is 2.46. The maximum absolute atomic E-state index is 12.0. The Morgan fingerprint density at radius 2 is 1.83 bits per heavy atom. The second-order valence-corrected chi connectivity index (χ2v) is 6.17. The zero-order chi connectivity index (χ0) is 12.8. The van der Waals surface area contributed by atoms with E-state index in [1.165, 1.54) is 44.9 Å². The summed E-state index contributed by atoms with van der Waals surface area (Å²) in [6.07, 6.45) is 9.49. The standard InChI is InChI=1S/C15H28N2O/c1-12(13-7-9-16-10-8-13)11-15(18)17-14-5-3-2-4-6-14/h12-14,16H,2-11H2,1H3,(H,17,18). The Morgan fingerprint density at radius 1 is 1.17 bits per heavy atom. The van der Waals surface area contributed by atoms with E-state index in [1.54, 1.807) is 0 Å². The molecule has 3 nitrogen and oxygen atoms in total. The summed E-state index contributed by atoms with van der Waals surface area (Å²) >= 11 is 0. The average molecular weight is 252 g/mol. The minimum absolute atomic E-state index is 0.285. The van der Waals surface area contributed by atoms with Crippen molar-refractivity contribution in [3.63, 3.8) is 0 Å². The van der Waals surface area contributed by atoms with Crippen LogP contribution >= 0.6 is 0 Å². The molecule has 1 aliphatic heterocycles. The molecule has 0 aromatic heterocycles. The molecule has 0 bridgehead atoms. The Balaban J connectivity index is 1.68. The minimum atomic E-state index is 0.285. The van der Waals surface area contributed by atoms with Crippen LogP contribution in [0.3, 0.4) is 0 Å². The Hall–Kier alpha value is -0.570. The van der Waals surface area contributed by atoms with Crippen LogP contribution in [0.15, 0.2) is 0 Å². The van der Waals surface area contributed by atoms with Crippen molar-refractivity contribution < 1.29 is 4.79 Å². The summed E-state index contributed by atoms with van der Waals surface area (Å²) in [4.78, 5) is 12.0. The van der Waals surface area contributed by atoms with Crippen LogP contribution in [0.2, 0.25) is 0 Å². The lowest BCUT2D eigenvalue weighted by atomic mass is 9.84. The fourth-order valence-corrected chi connectivity index (χ4v) is 3.41. The SMILES string of the molecule is CC(CC(=O)NC1CCCCC1)C1CCNCC1. The van der Waals surface area contributed by atoms with E-state index in [-0.39, 0.29) is 5.91 Å². The largest absolute Gasteiger partial charge is 0.353 e. The summed E-state index contributed by atoms with van der Waals surface area (Å²) in [7, 11) is 0. The first kappa shape index (κ1) is 13.9. The lowest BCUT2D eigenvalue weighted by Gasteiger charge is -2.29. The number of hydrogen-bond donors (Lipinski definition) is 2. The first-order valence-electron chi connectivity index (χ1n) is 7.76. The van der Waals surface area contributed by atoms with E-state index in [2.05, 4.69) is 17.6 Å². The Kier molecular flexibility index (Phi) is 5.48. The molecule has 2 aliphatic rings. The van der Waals surface area contributed by atoms with Crippen LogP contribution in [-0.2, 0) is 4.79 Å². The highest BCUT2D eigenvalue weighted by Crippen LogP contribution is 2.24. The summed E-state index contributed by atoms with van der Waals surface area (Å²) in [5.41, 5.74) is 0. The van der Waals surface area contributed by atoms with Crippen molar-refractivity contribution in [2.75, 3.05) is 13.1 Å². The van der Waals surface area contributed by atoms with Gasteiger partial charge >= 0.3 is 0 Å². The highest BCUT2D eigenvalue weighted by atomic mass is 16.1. The maximum Gasteiger partial charge on any atom is 0.220 e. The molecule has 1 saturated carbocycles. The first-order chi connectivity index (χ1) is 8.75. The van der Waals surface area contributed by atoms with Crippen LogP contribution in [0.1, 0.15) is 58.3 Å².